The fourth-order valence-electron chi connectivity index (χ4n) is 1.68. The van der Waals surface area contributed by atoms with Gasteiger partial charge >= 0.3 is 6.61 Å². The Bertz CT molecular complexity index is 634. The molecule has 0 fully saturated rings. The van der Waals surface area contributed by atoms with Gasteiger partial charge in [-0.1, -0.05) is 24.3 Å². The number of non-ortho nitro benzene ring substituents is 1. The van der Waals surface area contributed by atoms with Crippen LogP contribution in [0.25, 0.3) is 0 Å². The van der Waals surface area contributed by atoms with Crippen LogP contribution in [0.4, 0.5) is 14.5 Å². The van der Waals surface area contributed by atoms with E-state index in [9.17, 15) is 18.9 Å². The molecule has 0 spiro atoms. The zero-order chi connectivity index (χ0) is 15.2. The van der Waals surface area contributed by atoms with Crippen LogP contribution in [-0.2, 0) is 6.61 Å². The lowest BCUT2D eigenvalue weighted by molar-refractivity contribution is -0.384. The fourth-order valence-corrected chi connectivity index (χ4v) is 1.68. The van der Waals surface area contributed by atoms with Crippen LogP contribution in [0.15, 0.2) is 48.5 Å². The third-order valence-corrected chi connectivity index (χ3v) is 2.61. The number of halogens is 2. The van der Waals surface area contributed by atoms with Gasteiger partial charge in [0.1, 0.15) is 18.1 Å². The predicted molar refractivity (Wildman–Crippen MR) is 70.5 cm³/mol. The molecule has 0 unspecified atom stereocenters. The Morgan fingerprint density at radius 2 is 1.90 bits per heavy atom. The molecule has 7 heteroatoms. The second-order valence-electron chi connectivity index (χ2n) is 4.03. The molecule has 0 N–H and O–H groups in total. The molecule has 0 aliphatic rings. The summed E-state index contributed by atoms with van der Waals surface area (Å²) in [5.74, 6) is 0.286. The van der Waals surface area contributed by atoms with Gasteiger partial charge in [-0.15, -0.1) is 0 Å². The van der Waals surface area contributed by atoms with Crippen molar-refractivity contribution in [1.29, 1.82) is 0 Å². The SMILES string of the molecule is O=[N+]([O-])c1cccc(OCc2ccccc2OC(F)F)c1. The first-order valence-electron chi connectivity index (χ1n) is 5.96. The minimum atomic E-state index is -2.93. The Hall–Kier alpha value is -2.70. The molecule has 0 bridgehead atoms. The summed E-state index contributed by atoms with van der Waals surface area (Å²) in [6.45, 7) is -2.96. The van der Waals surface area contributed by atoms with Crippen LogP contribution in [0.2, 0.25) is 0 Å². The summed E-state index contributed by atoms with van der Waals surface area (Å²) in [5.41, 5.74) is 0.314. The van der Waals surface area contributed by atoms with E-state index in [1.807, 2.05) is 0 Å². The van der Waals surface area contributed by atoms with Gasteiger partial charge in [0.2, 0.25) is 0 Å². The molecule has 0 heterocycles. The van der Waals surface area contributed by atoms with Crippen molar-refractivity contribution in [3.63, 3.8) is 0 Å². The lowest BCUT2D eigenvalue weighted by Gasteiger charge is -2.11. The molecule has 2 rings (SSSR count). The largest absolute Gasteiger partial charge is 0.489 e. The number of ether oxygens (including phenoxy) is 2. The van der Waals surface area contributed by atoms with Gasteiger partial charge < -0.3 is 9.47 Å². The summed E-state index contributed by atoms with van der Waals surface area (Å²) < 4.78 is 34.3. The Morgan fingerprint density at radius 1 is 1.14 bits per heavy atom. The van der Waals surface area contributed by atoms with Crippen LogP contribution in [-0.4, -0.2) is 11.5 Å². The van der Waals surface area contributed by atoms with E-state index in [0.29, 0.717) is 5.56 Å². The molecule has 0 radical (unpaired) electrons. The van der Waals surface area contributed by atoms with Gasteiger partial charge in [-0.3, -0.25) is 10.1 Å². The van der Waals surface area contributed by atoms with Gasteiger partial charge in [0.05, 0.1) is 11.0 Å². The Balaban J connectivity index is 2.09. The molecule has 5 nitrogen and oxygen atoms in total. The van der Waals surface area contributed by atoms with E-state index in [-0.39, 0.29) is 23.8 Å². The molecular formula is C14H11F2NO4. The van der Waals surface area contributed by atoms with Crippen LogP contribution in [0.5, 0.6) is 11.5 Å². The maximum absolute atomic E-state index is 12.3. The number of nitro groups is 1. The van der Waals surface area contributed by atoms with Crippen molar-refractivity contribution in [3.05, 3.63) is 64.2 Å². The number of nitrogens with zero attached hydrogens (tertiary/aromatic N) is 1. The molecule has 0 aliphatic heterocycles. The molecule has 2 aromatic carbocycles. The summed E-state index contributed by atoms with van der Waals surface area (Å²) in [5, 5.41) is 10.6. The highest BCUT2D eigenvalue weighted by Crippen LogP contribution is 2.24. The van der Waals surface area contributed by atoms with Crippen LogP contribution in [0, 0.1) is 10.1 Å². The topological polar surface area (TPSA) is 61.6 Å². The van der Waals surface area contributed by atoms with Gasteiger partial charge in [0, 0.05) is 11.6 Å². The molecule has 110 valence electrons. The number of nitro benzene ring substituents is 1. The molecule has 0 saturated carbocycles. The van der Waals surface area contributed by atoms with E-state index in [2.05, 4.69) is 4.74 Å². The van der Waals surface area contributed by atoms with E-state index < -0.39 is 11.5 Å². The molecule has 0 atom stereocenters. The highest BCUT2D eigenvalue weighted by Gasteiger charge is 2.11. The van der Waals surface area contributed by atoms with Crippen LogP contribution in [0.3, 0.4) is 0 Å². The van der Waals surface area contributed by atoms with Gasteiger partial charge in [0.15, 0.2) is 0 Å². The van der Waals surface area contributed by atoms with Crippen LogP contribution < -0.4 is 9.47 Å². The van der Waals surface area contributed by atoms with Crippen molar-refractivity contribution in [2.45, 2.75) is 13.2 Å². The molecule has 0 saturated heterocycles. The molecule has 0 amide bonds. The van der Waals surface area contributed by atoms with Gasteiger partial charge in [-0.2, -0.15) is 8.78 Å². The fraction of sp³-hybridized carbons (Fsp3) is 0.143. The maximum Gasteiger partial charge on any atom is 0.387 e. The number of rotatable bonds is 6. The van der Waals surface area contributed by atoms with Crippen molar-refractivity contribution in [1.82, 2.24) is 0 Å². The first kappa shape index (κ1) is 14.7. The van der Waals surface area contributed by atoms with Crippen molar-refractivity contribution < 1.29 is 23.2 Å². The number of hydrogen-bond acceptors (Lipinski definition) is 4. The van der Waals surface area contributed by atoms with Crippen molar-refractivity contribution >= 4 is 5.69 Å². The Labute approximate surface area is 118 Å². The molecular weight excluding hydrogens is 284 g/mol. The maximum atomic E-state index is 12.3. The van der Waals surface area contributed by atoms with Gasteiger partial charge in [-0.25, -0.2) is 0 Å². The average molecular weight is 295 g/mol. The summed E-state index contributed by atoms with van der Waals surface area (Å²) in [7, 11) is 0. The summed E-state index contributed by atoms with van der Waals surface area (Å²) >= 11 is 0. The highest BCUT2D eigenvalue weighted by molar-refractivity contribution is 5.39. The van der Waals surface area contributed by atoms with Crippen molar-refractivity contribution in [2.75, 3.05) is 0 Å². The van der Waals surface area contributed by atoms with Crippen LogP contribution in [0.1, 0.15) is 5.56 Å². The normalized spacial score (nSPS) is 10.4. The van der Waals surface area contributed by atoms with Crippen molar-refractivity contribution in [2.24, 2.45) is 0 Å². The van der Waals surface area contributed by atoms with Crippen molar-refractivity contribution in [3.8, 4) is 11.5 Å². The van der Waals surface area contributed by atoms with Gasteiger partial charge in [-0.05, 0) is 12.1 Å². The summed E-state index contributed by atoms with van der Waals surface area (Å²) in [6.07, 6.45) is 0. The third kappa shape index (κ3) is 4.13. The second kappa shape index (κ2) is 6.65. The lowest BCUT2D eigenvalue weighted by atomic mass is 10.2. The van der Waals surface area contributed by atoms with E-state index in [0.717, 1.165) is 0 Å². The first-order chi connectivity index (χ1) is 10.1. The number of benzene rings is 2. The number of alkyl halides is 2. The second-order valence-corrected chi connectivity index (χ2v) is 4.03. The standard InChI is InChI=1S/C14H11F2NO4/c15-14(16)21-13-7-2-1-4-10(13)9-20-12-6-3-5-11(8-12)17(18)19/h1-8,14H,9H2. The first-order valence-corrected chi connectivity index (χ1v) is 5.96. The van der Waals surface area contributed by atoms with Gasteiger partial charge in [0.25, 0.3) is 5.69 Å². The average Bonchev–Trinajstić information content (AvgIpc) is 2.46. The zero-order valence-corrected chi connectivity index (χ0v) is 10.7. The minimum absolute atomic E-state index is 0.0120. The minimum Gasteiger partial charge on any atom is -0.489 e. The quantitative estimate of drug-likeness (QED) is 0.601. The molecule has 2 aromatic rings. The summed E-state index contributed by atoms with van der Waals surface area (Å²) in [4.78, 5) is 10.1. The van der Waals surface area contributed by atoms with E-state index in [1.165, 1.54) is 24.3 Å². The summed E-state index contributed by atoms with van der Waals surface area (Å²) in [6, 6.07) is 11.8. The zero-order valence-electron chi connectivity index (χ0n) is 10.7. The lowest BCUT2D eigenvalue weighted by Crippen LogP contribution is -2.06. The van der Waals surface area contributed by atoms with E-state index in [4.69, 9.17) is 4.74 Å². The molecule has 0 aromatic heterocycles. The molecule has 0 aliphatic carbocycles. The smallest absolute Gasteiger partial charge is 0.387 e. The number of hydrogen-bond donors (Lipinski definition) is 0. The monoisotopic (exact) mass is 295 g/mol. The Kier molecular flexibility index (Phi) is 4.65. The predicted octanol–water partition coefficient (Wildman–Crippen LogP) is 3.78. The van der Waals surface area contributed by atoms with Crippen LogP contribution >= 0.6 is 0 Å². The van der Waals surface area contributed by atoms with E-state index in [1.54, 1.807) is 24.3 Å². The third-order valence-electron chi connectivity index (χ3n) is 2.61. The number of para-hydroxylation sites is 1. The highest BCUT2D eigenvalue weighted by atomic mass is 19.3. The van der Waals surface area contributed by atoms with E-state index >= 15 is 0 Å². The molecule has 21 heavy (non-hydrogen) atoms. The Morgan fingerprint density at radius 3 is 2.62 bits per heavy atom.